The average Bonchev–Trinajstić information content (AvgIpc) is 2.71. The van der Waals surface area contributed by atoms with Crippen molar-refractivity contribution in [2.45, 2.75) is 32.2 Å². The van der Waals surface area contributed by atoms with Gasteiger partial charge in [0.2, 0.25) is 5.43 Å². The molecule has 1 unspecified atom stereocenters. The molecular formula is C21H24N2O5. The van der Waals surface area contributed by atoms with Crippen molar-refractivity contribution in [1.29, 1.82) is 0 Å². The molecule has 0 fully saturated rings. The van der Waals surface area contributed by atoms with E-state index in [1.165, 1.54) is 13.3 Å². The van der Waals surface area contributed by atoms with Gasteiger partial charge in [-0.15, -0.1) is 0 Å². The summed E-state index contributed by atoms with van der Waals surface area (Å²) >= 11 is 0. The van der Waals surface area contributed by atoms with E-state index in [9.17, 15) is 14.4 Å². The summed E-state index contributed by atoms with van der Waals surface area (Å²) in [5.41, 5.74) is 0.484. The molecule has 0 bridgehead atoms. The number of unbranched alkanes of at least 4 members (excludes halogenated alkanes) is 1. The number of pyridine rings is 1. The van der Waals surface area contributed by atoms with Crippen LogP contribution >= 0.6 is 0 Å². The Balaban J connectivity index is 2.10. The Kier molecular flexibility index (Phi) is 6.13. The topological polar surface area (TPSA) is 86.6 Å². The molecule has 1 amide bonds. The van der Waals surface area contributed by atoms with E-state index >= 15 is 0 Å². The number of hydrogen-bond donors (Lipinski definition) is 1. The summed E-state index contributed by atoms with van der Waals surface area (Å²) in [6, 6.07) is 9.67. The molecule has 1 aromatic heterocycles. The minimum absolute atomic E-state index is 0.0911. The molecule has 0 spiro atoms. The first-order chi connectivity index (χ1) is 13.6. The Labute approximate surface area is 163 Å². The first-order valence-corrected chi connectivity index (χ1v) is 9.39. The zero-order chi connectivity index (χ0) is 20.1. The fourth-order valence-electron chi connectivity index (χ4n) is 3.27. The van der Waals surface area contributed by atoms with Crippen LogP contribution in [0.2, 0.25) is 0 Å². The van der Waals surface area contributed by atoms with Gasteiger partial charge in [-0.3, -0.25) is 9.59 Å². The quantitative estimate of drug-likeness (QED) is 0.585. The van der Waals surface area contributed by atoms with Crippen LogP contribution in [-0.4, -0.2) is 36.7 Å². The summed E-state index contributed by atoms with van der Waals surface area (Å²) in [5.74, 6) is -1.22. The van der Waals surface area contributed by atoms with E-state index in [0.717, 1.165) is 18.4 Å². The van der Waals surface area contributed by atoms with Crippen molar-refractivity contribution in [3.05, 3.63) is 63.6 Å². The number of aromatic nitrogens is 1. The zero-order valence-electron chi connectivity index (χ0n) is 16.1. The van der Waals surface area contributed by atoms with Crippen LogP contribution in [0.15, 0.2) is 41.3 Å². The highest BCUT2D eigenvalue weighted by Crippen LogP contribution is 2.26. The second-order valence-corrected chi connectivity index (χ2v) is 6.70. The number of methoxy groups -OCH3 is 1. The molecule has 2 heterocycles. The van der Waals surface area contributed by atoms with Gasteiger partial charge < -0.3 is 19.4 Å². The fourth-order valence-corrected chi connectivity index (χ4v) is 3.27. The van der Waals surface area contributed by atoms with Crippen molar-refractivity contribution in [2.24, 2.45) is 0 Å². The summed E-state index contributed by atoms with van der Waals surface area (Å²) < 4.78 is 12.1. The molecule has 0 radical (unpaired) electrons. The van der Waals surface area contributed by atoms with Crippen LogP contribution in [0.4, 0.5) is 0 Å². The Morgan fingerprint density at radius 1 is 1.25 bits per heavy atom. The lowest BCUT2D eigenvalue weighted by atomic mass is 10.0. The molecule has 2 aromatic rings. The molecule has 3 rings (SSSR count). The Morgan fingerprint density at radius 3 is 2.68 bits per heavy atom. The highest BCUT2D eigenvalue weighted by Gasteiger charge is 2.32. The molecule has 1 N–H and O–H groups in total. The van der Waals surface area contributed by atoms with Gasteiger partial charge in [0.25, 0.3) is 5.91 Å². The van der Waals surface area contributed by atoms with E-state index in [1.807, 2.05) is 37.3 Å². The summed E-state index contributed by atoms with van der Waals surface area (Å²) in [7, 11) is 1.22. The van der Waals surface area contributed by atoms with Crippen LogP contribution in [0.1, 0.15) is 52.2 Å². The molecule has 1 aliphatic rings. The standard InChI is InChI=1S/C21H24N2O5/c1-3-4-10-28-19-17-20(25)22-12-15(11-14-8-6-5-7-9-14)23(17)13-16(18(19)24)21(26)27-2/h5-9,13,15H,3-4,10-12H2,1-2H3,(H,22,25). The lowest BCUT2D eigenvalue weighted by molar-refractivity contribution is 0.0595. The van der Waals surface area contributed by atoms with Gasteiger partial charge in [0.05, 0.1) is 19.8 Å². The first-order valence-electron chi connectivity index (χ1n) is 9.39. The number of ether oxygens (including phenoxy) is 2. The molecule has 148 valence electrons. The lowest BCUT2D eigenvalue weighted by Gasteiger charge is -2.30. The van der Waals surface area contributed by atoms with Crippen molar-refractivity contribution in [1.82, 2.24) is 9.88 Å². The average molecular weight is 384 g/mol. The zero-order valence-corrected chi connectivity index (χ0v) is 16.1. The second-order valence-electron chi connectivity index (χ2n) is 6.70. The van der Waals surface area contributed by atoms with Crippen LogP contribution in [0.25, 0.3) is 0 Å². The van der Waals surface area contributed by atoms with Crippen LogP contribution < -0.4 is 15.5 Å². The van der Waals surface area contributed by atoms with Crippen molar-refractivity contribution in [3.8, 4) is 5.75 Å². The van der Waals surface area contributed by atoms with Gasteiger partial charge in [-0.1, -0.05) is 43.7 Å². The highest BCUT2D eigenvalue weighted by molar-refractivity contribution is 5.98. The number of amides is 1. The molecule has 0 aliphatic carbocycles. The predicted molar refractivity (Wildman–Crippen MR) is 104 cm³/mol. The van der Waals surface area contributed by atoms with E-state index in [4.69, 9.17) is 9.47 Å². The molecule has 0 saturated heterocycles. The number of nitrogens with one attached hydrogen (secondary N) is 1. The summed E-state index contributed by atoms with van der Waals surface area (Å²) in [4.78, 5) is 37.6. The third-order valence-electron chi connectivity index (χ3n) is 4.76. The van der Waals surface area contributed by atoms with Gasteiger partial charge in [-0.2, -0.15) is 0 Å². The van der Waals surface area contributed by atoms with Crippen LogP contribution in [0.3, 0.4) is 0 Å². The molecule has 0 saturated carbocycles. The summed E-state index contributed by atoms with van der Waals surface area (Å²) in [6.07, 6.45) is 3.66. The van der Waals surface area contributed by atoms with Crippen LogP contribution in [0, 0.1) is 0 Å². The van der Waals surface area contributed by atoms with Gasteiger partial charge in [0.15, 0.2) is 11.4 Å². The third kappa shape index (κ3) is 3.93. The van der Waals surface area contributed by atoms with Crippen molar-refractivity contribution < 1.29 is 19.1 Å². The number of rotatable bonds is 7. The monoisotopic (exact) mass is 384 g/mol. The van der Waals surface area contributed by atoms with Gasteiger partial charge in [0, 0.05) is 12.7 Å². The van der Waals surface area contributed by atoms with Crippen molar-refractivity contribution >= 4 is 11.9 Å². The predicted octanol–water partition coefficient (Wildman–Crippen LogP) is 2.34. The highest BCUT2D eigenvalue weighted by atomic mass is 16.5. The normalized spacial score (nSPS) is 15.5. The molecule has 1 aromatic carbocycles. The van der Waals surface area contributed by atoms with E-state index in [0.29, 0.717) is 19.6 Å². The molecule has 7 nitrogen and oxygen atoms in total. The maximum absolute atomic E-state index is 12.8. The first kappa shape index (κ1) is 19.7. The molecule has 7 heteroatoms. The van der Waals surface area contributed by atoms with E-state index in [2.05, 4.69) is 5.32 Å². The molecule has 1 aliphatic heterocycles. The summed E-state index contributed by atoms with van der Waals surface area (Å²) in [5, 5.41) is 2.83. The number of nitrogens with zero attached hydrogens (tertiary/aromatic N) is 1. The van der Waals surface area contributed by atoms with Gasteiger partial charge in [0.1, 0.15) is 5.56 Å². The van der Waals surface area contributed by atoms with Gasteiger partial charge in [-0.05, 0) is 18.4 Å². The van der Waals surface area contributed by atoms with E-state index in [-0.39, 0.29) is 29.0 Å². The van der Waals surface area contributed by atoms with Gasteiger partial charge >= 0.3 is 5.97 Å². The minimum Gasteiger partial charge on any atom is -0.487 e. The second kappa shape index (κ2) is 8.73. The Morgan fingerprint density at radius 2 is 2.00 bits per heavy atom. The van der Waals surface area contributed by atoms with Gasteiger partial charge in [-0.25, -0.2) is 4.79 Å². The van der Waals surface area contributed by atoms with Crippen LogP contribution in [0.5, 0.6) is 5.75 Å². The Bertz CT molecular complexity index is 920. The fraction of sp³-hybridized carbons (Fsp3) is 0.381. The molecule has 1 atom stereocenters. The number of hydrogen-bond acceptors (Lipinski definition) is 5. The maximum Gasteiger partial charge on any atom is 0.343 e. The van der Waals surface area contributed by atoms with Crippen molar-refractivity contribution in [2.75, 3.05) is 20.3 Å². The minimum atomic E-state index is -0.745. The molecule has 28 heavy (non-hydrogen) atoms. The summed E-state index contributed by atoms with van der Waals surface area (Å²) in [6.45, 7) is 2.68. The third-order valence-corrected chi connectivity index (χ3v) is 4.76. The number of esters is 1. The number of carbonyl (C=O) groups is 2. The number of carbonyl (C=O) groups excluding carboxylic acids is 2. The van der Waals surface area contributed by atoms with E-state index in [1.54, 1.807) is 4.57 Å². The lowest BCUT2D eigenvalue weighted by Crippen LogP contribution is -2.43. The van der Waals surface area contributed by atoms with Crippen LogP contribution in [-0.2, 0) is 11.2 Å². The maximum atomic E-state index is 12.8. The Hall–Kier alpha value is -3.09. The SMILES string of the molecule is CCCCOc1c2n(cc(C(=O)OC)c1=O)C(Cc1ccccc1)CNC2=O. The van der Waals surface area contributed by atoms with E-state index < -0.39 is 11.4 Å². The smallest absolute Gasteiger partial charge is 0.343 e. The number of fused-ring (bicyclic) bond motifs is 1. The largest absolute Gasteiger partial charge is 0.487 e. The number of benzene rings is 1. The van der Waals surface area contributed by atoms with Crippen molar-refractivity contribution in [3.63, 3.8) is 0 Å². The molecular weight excluding hydrogens is 360 g/mol.